The van der Waals surface area contributed by atoms with E-state index in [0.29, 0.717) is 47.8 Å². The summed E-state index contributed by atoms with van der Waals surface area (Å²) in [5.74, 6) is -0.120. The minimum Gasteiger partial charge on any atom is -0.481 e. The predicted molar refractivity (Wildman–Crippen MR) is 160 cm³/mol. The summed E-state index contributed by atoms with van der Waals surface area (Å²) in [6, 6.07) is 7.72. The summed E-state index contributed by atoms with van der Waals surface area (Å²) in [7, 11) is 1.91. The second kappa shape index (κ2) is 12.2. The molecule has 6 rings (SSSR count). The Morgan fingerprint density at radius 3 is 2.65 bits per heavy atom. The molecule has 4 aromatic rings. The summed E-state index contributed by atoms with van der Waals surface area (Å²) >= 11 is 0. The van der Waals surface area contributed by atoms with Gasteiger partial charge in [-0.2, -0.15) is 5.10 Å². The van der Waals surface area contributed by atoms with Crippen molar-refractivity contribution in [3.8, 4) is 5.69 Å². The first-order valence-corrected chi connectivity index (χ1v) is 14.5. The van der Waals surface area contributed by atoms with E-state index >= 15 is 0 Å². The van der Waals surface area contributed by atoms with Gasteiger partial charge in [-0.1, -0.05) is 23.4 Å². The van der Waals surface area contributed by atoms with Crippen molar-refractivity contribution in [1.29, 1.82) is 0 Å². The van der Waals surface area contributed by atoms with Crippen LogP contribution in [0.15, 0.2) is 64.2 Å². The van der Waals surface area contributed by atoms with Crippen molar-refractivity contribution in [2.45, 2.75) is 57.3 Å². The van der Waals surface area contributed by atoms with Gasteiger partial charge in [-0.25, -0.2) is 9.37 Å². The second-order valence-corrected chi connectivity index (χ2v) is 11.0. The lowest BCUT2D eigenvalue weighted by atomic mass is 9.93. The number of carboxylic acids is 1. The summed E-state index contributed by atoms with van der Waals surface area (Å²) in [5.41, 5.74) is 4.50. The highest BCUT2D eigenvalue weighted by atomic mass is 19.1. The molecule has 3 aromatic heterocycles. The van der Waals surface area contributed by atoms with Crippen LogP contribution in [0.5, 0.6) is 0 Å². The third kappa shape index (κ3) is 6.18. The van der Waals surface area contributed by atoms with E-state index in [1.807, 2.05) is 37.7 Å². The number of unbranched alkanes of at least 4 members (excludes halogenated alkanes) is 1. The zero-order valence-electron chi connectivity index (χ0n) is 23.9. The maximum absolute atomic E-state index is 13.8. The van der Waals surface area contributed by atoms with Crippen LogP contribution in [0.2, 0.25) is 0 Å². The van der Waals surface area contributed by atoms with Gasteiger partial charge in [0.2, 0.25) is 0 Å². The van der Waals surface area contributed by atoms with Gasteiger partial charge in [-0.05, 0) is 80.0 Å². The Morgan fingerprint density at radius 2 is 1.93 bits per heavy atom. The van der Waals surface area contributed by atoms with Crippen molar-refractivity contribution in [1.82, 2.24) is 24.5 Å². The molecular formula is C33H32FN5O4. The van der Waals surface area contributed by atoms with Crippen molar-refractivity contribution in [2.24, 2.45) is 7.05 Å². The fourth-order valence-electron chi connectivity index (χ4n) is 5.70. The molecule has 1 aromatic carbocycles. The number of hydrogen-bond acceptors (Lipinski definition) is 6. The zero-order valence-corrected chi connectivity index (χ0v) is 23.9. The summed E-state index contributed by atoms with van der Waals surface area (Å²) in [4.78, 5) is 29.8. The second-order valence-electron chi connectivity index (χ2n) is 11.0. The Hall–Kier alpha value is -4.86. The SMILES string of the molecule is Cn1cc(C2=CC=C(c3cc(C4C=c5nc(CCCCC(=O)O)n(-c6ccc(F)cc6)c(=O)c5=CCC4)no3)CC2)cn1. The highest BCUT2D eigenvalue weighted by Crippen LogP contribution is 2.33. The largest absolute Gasteiger partial charge is 0.481 e. The van der Waals surface area contributed by atoms with Crippen LogP contribution in [0.3, 0.4) is 0 Å². The van der Waals surface area contributed by atoms with E-state index in [1.165, 1.54) is 22.3 Å². The average Bonchev–Trinajstić information content (AvgIpc) is 3.61. The Morgan fingerprint density at radius 1 is 1.14 bits per heavy atom. The van der Waals surface area contributed by atoms with Crippen molar-refractivity contribution >= 4 is 29.3 Å². The minimum atomic E-state index is -0.863. The van der Waals surface area contributed by atoms with Crippen molar-refractivity contribution in [3.05, 3.63) is 104 Å². The molecule has 9 nitrogen and oxygen atoms in total. The van der Waals surface area contributed by atoms with Gasteiger partial charge in [-0.15, -0.1) is 0 Å². The Bertz CT molecular complexity index is 1910. The smallest absolute Gasteiger partial charge is 0.303 e. The summed E-state index contributed by atoms with van der Waals surface area (Å²) in [6.45, 7) is 0. The summed E-state index contributed by atoms with van der Waals surface area (Å²) < 4.78 is 22.8. The highest BCUT2D eigenvalue weighted by Gasteiger charge is 2.21. The van der Waals surface area contributed by atoms with Crippen LogP contribution in [-0.2, 0) is 18.3 Å². The number of carboxylic acid groups (broad SMARTS) is 1. The number of nitrogens with zero attached hydrogens (tertiary/aromatic N) is 5. The maximum atomic E-state index is 13.8. The standard InChI is InChI=1S/C33H32FN5O4/c1-38-20-24(19-35-38)21-9-11-22(12-10-21)30-18-28(37-43-30)23-5-4-6-27-29(17-23)36-31(7-2-3-8-32(40)41)39(33(27)42)26-15-13-25(34)14-16-26/h6,9,11,13-20,23H,2-5,7-8,10,12H2,1H3,(H,40,41). The van der Waals surface area contributed by atoms with Gasteiger partial charge >= 0.3 is 5.97 Å². The number of hydrogen-bond donors (Lipinski definition) is 1. The molecule has 1 unspecified atom stereocenters. The third-order valence-corrected chi connectivity index (χ3v) is 7.98. The number of allylic oxidation sites excluding steroid dienone is 4. The number of halogens is 1. The molecule has 0 bridgehead atoms. The predicted octanol–water partition coefficient (Wildman–Crippen LogP) is 4.29. The molecule has 0 fully saturated rings. The van der Waals surface area contributed by atoms with Gasteiger partial charge in [0, 0.05) is 43.6 Å². The molecule has 0 amide bonds. The quantitative estimate of drug-likeness (QED) is 0.293. The third-order valence-electron chi connectivity index (χ3n) is 7.98. The van der Waals surface area contributed by atoms with E-state index in [4.69, 9.17) is 14.6 Å². The topological polar surface area (TPSA) is 116 Å². The first-order valence-electron chi connectivity index (χ1n) is 14.5. The maximum Gasteiger partial charge on any atom is 0.303 e. The first kappa shape index (κ1) is 28.3. The van der Waals surface area contributed by atoms with Crippen molar-refractivity contribution in [3.63, 3.8) is 0 Å². The average molecular weight is 582 g/mol. The molecule has 10 heteroatoms. The molecule has 0 radical (unpaired) electrons. The molecule has 1 N–H and O–H groups in total. The Kier molecular flexibility index (Phi) is 8.00. The number of aliphatic carboxylic acids is 1. The number of aryl methyl sites for hydroxylation is 2. The van der Waals surface area contributed by atoms with Crippen LogP contribution in [0.4, 0.5) is 4.39 Å². The molecule has 0 saturated carbocycles. The Balaban J connectivity index is 1.32. The molecule has 43 heavy (non-hydrogen) atoms. The molecule has 1 atom stereocenters. The van der Waals surface area contributed by atoms with Crippen LogP contribution in [0.25, 0.3) is 29.0 Å². The van der Waals surface area contributed by atoms with Gasteiger partial charge in [0.25, 0.3) is 5.56 Å². The van der Waals surface area contributed by atoms with Crippen LogP contribution >= 0.6 is 0 Å². The van der Waals surface area contributed by atoms with Crippen LogP contribution in [0.1, 0.15) is 73.7 Å². The van der Waals surface area contributed by atoms with E-state index < -0.39 is 11.8 Å². The number of fused-ring (bicyclic) bond motifs is 1. The molecule has 0 aliphatic heterocycles. The normalized spacial score (nSPS) is 16.4. The lowest BCUT2D eigenvalue weighted by Gasteiger charge is -2.13. The van der Waals surface area contributed by atoms with E-state index in [2.05, 4.69) is 22.4 Å². The Labute approximate surface area is 247 Å². The number of benzene rings is 1. The fourth-order valence-corrected chi connectivity index (χ4v) is 5.70. The van der Waals surface area contributed by atoms with E-state index in [-0.39, 0.29) is 17.9 Å². The number of aromatic nitrogens is 5. The number of carbonyl (C=O) groups is 1. The zero-order chi connectivity index (χ0) is 29.9. The van der Waals surface area contributed by atoms with Gasteiger partial charge in [0.05, 0.1) is 28.1 Å². The summed E-state index contributed by atoms with van der Waals surface area (Å²) in [5, 5.41) is 18.8. The van der Waals surface area contributed by atoms with E-state index in [9.17, 15) is 14.0 Å². The summed E-state index contributed by atoms with van der Waals surface area (Å²) in [6.07, 6.45) is 16.5. The molecule has 3 heterocycles. The van der Waals surface area contributed by atoms with Crippen molar-refractivity contribution < 1.29 is 18.8 Å². The molecule has 0 spiro atoms. The van der Waals surface area contributed by atoms with Gasteiger partial charge in [0.1, 0.15) is 11.6 Å². The highest BCUT2D eigenvalue weighted by molar-refractivity contribution is 5.76. The van der Waals surface area contributed by atoms with Gasteiger partial charge in [-0.3, -0.25) is 18.8 Å². The van der Waals surface area contributed by atoms with Gasteiger partial charge in [0.15, 0.2) is 5.76 Å². The van der Waals surface area contributed by atoms with Crippen LogP contribution < -0.4 is 16.1 Å². The molecule has 2 aliphatic carbocycles. The fraction of sp³-hybridized carbons (Fsp3) is 0.303. The van der Waals surface area contributed by atoms with Crippen LogP contribution in [-0.4, -0.2) is 35.6 Å². The molecular weight excluding hydrogens is 549 g/mol. The molecule has 220 valence electrons. The molecule has 0 saturated heterocycles. The monoisotopic (exact) mass is 581 g/mol. The van der Waals surface area contributed by atoms with E-state index in [0.717, 1.165) is 41.9 Å². The molecule has 2 aliphatic rings. The van der Waals surface area contributed by atoms with Crippen LogP contribution in [0, 0.1) is 5.82 Å². The van der Waals surface area contributed by atoms with Gasteiger partial charge < -0.3 is 9.63 Å². The van der Waals surface area contributed by atoms with E-state index in [1.54, 1.807) is 16.8 Å². The lowest BCUT2D eigenvalue weighted by Crippen LogP contribution is -2.48. The first-order chi connectivity index (χ1) is 20.9. The van der Waals surface area contributed by atoms with Crippen molar-refractivity contribution in [2.75, 3.05) is 0 Å². The lowest BCUT2D eigenvalue weighted by molar-refractivity contribution is -0.137. The minimum absolute atomic E-state index is 0.0409. The number of rotatable bonds is 9.